The van der Waals surface area contributed by atoms with E-state index >= 15 is 0 Å². The molecule has 0 aromatic carbocycles. The zero-order chi connectivity index (χ0) is 12.0. The Labute approximate surface area is 98.7 Å². The lowest BCUT2D eigenvalue weighted by Gasteiger charge is -2.33. The van der Waals surface area contributed by atoms with Gasteiger partial charge in [-0.3, -0.25) is 4.79 Å². The second-order valence-corrected chi connectivity index (χ2v) is 5.00. The van der Waals surface area contributed by atoms with E-state index in [-0.39, 0.29) is 5.91 Å². The lowest BCUT2D eigenvalue weighted by molar-refractivity contribution is -0.117. The van der Waals surface area contributed by atoms with Gasteiger partial charge in [0.25, 0.3) is 0 Å². The van der Waals surface area contributed by atoms with Gasteiger partial charge < -0.3 is 10.6 Å². The van der Waals surface area contributed by atoms with Gasteiger partial charge in [0.05, 0.1) is 0 Å². The minimum atomic E-state index is 0.0324. The molecular weight excluding hydrogens is 200 g/mol. The van der Waals surface area contributed by atoms with Crippen LogP contribution in [0, 0.1) is 11.8 Å². The van der Waals surface area contributed by atoms with Gasteiger partial charge in [-0.05, 0) is 44.2 Å². The van der Waals surface area contributed by atoms with Gasteiger partial charge in [-0.25, -0.2) is 0 Å². The summed E-state index contributed by atoms with van der Waals surface area (Å²) in [6.45, 7) is 8.33. The van der Waals surface area contributed by atoms with Crippen molar-refractivity contribution >= 4 is 5.91 Å². The molecule has 0 saturated carbocycles. The second kappa shape index (κ2) is 6.69. The first-order valence-corrected chi connectivity index (χ1v) is 6.27. The number of rotatable bonds is 4. The molecule has 0 radical (unpaired) electrons. The Morgan fingerprint density at radius 2 is 2.31 bits per heavy atom. The molecule has 0 spiro atoms. The number of amides is 1. The summed E-state index contributed by atoms with van der Waals surface area (Å²) >= 11 is 0. The van der Waals surface area contributed by atoms with Crippen molar-refractivity contribution in [3.8, 4) is 0 Å². The van der Waals surface area contributed by atoms with E-state index in [1.807, 2.05) is 6.92 Å². The monoisotopic (exact) mass is 224 g/mol. The molecule has 1 rings (SSSR count). The summed E-state index contributed by atoms with van der Waals surface area (Å²) in [6, 6.07) is 0.292. The second-order valence-electron chi connectivity index (χ2n) is 5.00. The van der Waals surface area contributed by atoms with Crippen LogP contribution in [-0.2, 0) is 4.79 Å². The van der Waals surface area contributed by atoms with Crippen molar-refractivity contribution in [2.45, 2.75) is 39.7 Å². The number of nitrogens with one attached hydrogen (secondary N) is 2. The molecule has 0 aliphatic carbocycles. The van der Waals surface area contributed by atoms with Gasteiger partial charge in [-0.1, -0.05) is 19.9 Å². The highest BCUT2D eigenvalue weighted by atomic mass is 16.1. The molecule has 2 unspecified atom stereocenters. The van der Waals surface area contributed by atoms with Crippen LogP contribution in [0.15, 0.2) is 12.2 Å². The number of carbonyl (C=O) groups excluding carboxylic acids is 1. The van der Waals surface area contributed by atoms with Gasteiger partial charge >= 0.3 is 0 Å². The maximum atomic E-state index is 11.5. The molecule has 1 heterocycles. The Bertz CT molecular complexity index is 248. The maximum absolute atomic E-state index is 11.5. The zero-order valence-electron chi connectivity index (χ0n) is 10.6. The summed E-state index contributed by atoms with van der Waals surface area (Å²) in [7, 11) is 0. The van der Waals surface area contributed by atoms with Crippen LogP contribution in [0.2, 0.25) is 0 Å². The summed E-state index contributed by atoms with van der Waals surface area (Å²) < 4.78 is 0. The summed E-state index contributed by atoms with van der Waals surface area (Å²) in [5.41, 5.74) is 0. The number of allylic oxidation sites excluding steroid dienone is 1. The molecule has 1 saturated heterocycles. The third-order valence-electron chi connectivity index (χ3n) is 3.05. The van der Waals surface area contributed by atoms with Crippen LogP contribution in [0.5, 0.6) is 0 Å². The highest BCUT2D eigenvalue weighted by molar-refractivity contribution is 5.87. The minimum Gasteiger partial charge on any atom is -0.348 e. The Kier molecular flexibility index (Phi) is 5.53. The van der Waals surface area contributed by atoms with Gasteiger partial charge in [-0.2, -0.15) is 0 Å². The first-order chi connectivity index (χ1) is 7.63. The van der Waals surface area contributed by atoms with Gasteiger partial charge in [0.1, 0.15) is 0 Å². The Morgan fingerprint density at radius 1 is 1.56 bits per heavy atom. The predicted octanol–water partition coefficient (Wildman–Crippen LogP) is 1.70. The molecule has 0 aromatic rings. The molecule has 1 amide bonds. The van der Waals surface area contributed by atoms with E-state index in [9.17, 15) is 4.79 Å². The number of hydrogen-bond donors (Lipinski definition) is 2. The molecule has 1 aliphatic heterocycles. The SMILES string of the molecule is C/C=C/C(=O)NC1CNCCC1CC(C)C. The van der Waals surface area contributed by atoms with Crippen LogP contribution in [0.1, 0.15) is 33.6 Å². The van der Waals surface area contributed by atoms with E-state index in [4.69, 9.17) is 0 Å². The lowest BCUT2D eigenvalue weighted by Crippen LogP contribution is -2.51. The Morgan fingerprint density at radius 3 is 2.94 bits per heavy atom. The molecule has 2 N–H and O–H groups in total. The van der Waals surface area contributed by atoms with E-state index in [1.165, 1.54) is 12.8 Å². The summed E-state index contributed by atoms with van der Waals surface area (Å²) in [4.78, 5) is 11.5. The average Bonchev–Trinajstić information content (AvgIpc) is 2.20. The van der Waals surface area contributed by atoms with Crippen LogP contribution in [-0.4, -0.2) is 25.0 Å². The average molecular weight is 224 g/mol. The third kappa shape index (κ3) is 4.35. The van der Waals surface area contributed by atoms with Crippen molar-refractivity contribution < 1.29 is 4.79 Å². The normalized spacial score (nSPS) is 26.2. The smallest absolute Gasteiger partial charge is 0.243 e. The molecule has 3 heteroatoms. The highest BCUT2D eigenvalue weighted by Gasteiger charge is 2.26. The van der Waals surface area contributed by atoms with Crippen LogP contribution in [0.4, 0.5) is 0 Å². The van der Waals surface area contributed by atoms with E-state index in [1.54, 1.807) is 12.2 Å². The molecule has 1 aliphatic rings. The standard InChI is InChI=1S/C13H24N2O/c1-4-5-13(16)15-12-9-14-7-6-11(12)8-10(2)3/h4-5,10-12,14H,6-9H2,1-3H3,(H,15,16)/b5-4+. The van der Waals surface area contributed by atoms with Crippen molar-refractivity contribution in [1.82, 2.24) is 10.6 Å². The molecule has 92 valence electrons. The van der Waals surface area contributed by atoms with Gasteiger partial charge in [0, 0.05) is 12.6 Å². The van der Waals surface area contributed by atoms with E-state index < -0.39 is 0 Å². The van der Waals surface area contributed by atoms with Gasteiger partial charge in [0.2, 0.25) is 5.91 Å². The summed E-state index contributed by atoms with van der Waals surface area (Å²) in [5, 5.41) is 6.43. The summed E-state index contributed by atoms with van der Waals surface area (Å²) in [5.74, 6) is 1.35. The molecule has 2 atom stereocenters. The van der Waals surface area contributed by atoms with E-state index in [0.29, 0.717) is 17.9 Å². The molecule has 0 bridgehead atoms. The van der Waals surface area contributed by atoms with E-state index in [2.05, 4.69) is 24.5 Å². The van der Waals surface area contributed by atoms with Crippen molar-refractivity contribution in [1.29, 1.82) is 0 Å². The van der Waals surface area contributed by atoms with Gasteiger partial charge in [0.15, 0.2) is 0 Å². The third-order valence-corrected chi connectivity index (χ3v) is 3.05. The first-order valence-electron chi connectivity index (χ1n) is 6.27. The maximum Gasteiger partial charge on any atom is 0.243 e. The predicted molar refractivity (Wildman–Crippen MR) is 67.2 cm³/mol. The number of hydrogen-bond acceptors (Lipinski definition) is 2. The molecule has 16 heavy (non-hydrogen) atoms. The summed E-state index contributed by atoms with van der Waals surface area (Å²) in [6.07, 6.45) is 5.74. The van der Waals surface area contributed by atoms with Crippen LogP contribution in [0.3, 0.4) is 0 Å². The largest absolute Gasteiger partial charge is 0.348 e. The fourth-order valence-electron chi connectivity index (χ4n) is 2.35. The fraction of sp³-hybridized carbons (Fsp3) is 0.769. The van der Waals surface area contributed by atoms with Crippen molar-refractivity contribution in [3.63, 3.8) is 0 Å². The van der Waals surface area contributed by atoms with Crippen molar-refractivity contribution in [2.24, 2.45) is 11.8 Å². The van der Waals surface area contributed by atoms with Crippen LogP contribution >= 0.6 is 0 Å². The molecule has 3 nitrogen and oxygen atoms in total. The fourth-order valence-corrected chi connectivity index (χ4v) is 2.35. The van der Waals surface area contributed by atoms with E-state index in [0.717, 1.165) is 13.1 Å². The lowest BCUT2D eigenvalue weighted by atomic mass is 9.85. The topological polar surface area (TPSA) is 41.1 Å². The van der Waals surface area contributed by atoms with Crippen molar-refractivity contribution in [3.05, 3.63) is 12.2 Å². The van der Waals surface area contributed by atoms with Crippen molar-refractivity contribution in [2.75, 3.05) is 13.1 Å². The number of carbonyl (C=O) groups is 1. The molecular formula is C13H24N2O. The highest BCUT2D eigenvalue weighted by Crippen LogP contribution is 2.21. The molecule has 1 fully saturated rings. The zero-order valence-corrected chi connectivity index (χ0v) is 10.6. The molecule has 0 aromatic heterocycles. The minimum absolute atomic E-state index is 0.0324. The van der Waals surface area contributed by atoms with Crippen LogP contribution < -0.4 is 10.6 Å². The quantitative estimate of drug-likeness (QED) is 0.714. The Balaban J connectivity index is 2.49. The van der Waals surface area contributed by atoms with Crippen LogP contribution in [0.25, 0.3) is 0 Å². The Hall–Kier alpha value is -0.830. The van der Waals surface area contributed by atoms with Gasteiger partial charge in [-0.15, -0.1) is 0 Å². The first kappa shape index (κ1) is 13.2. The number of piperidine rings is 1.